The van der Waals surface area contributed by atoms with Crippen molar-refractivity contribution in [2.24, 2.45) is 0 Å². The lowest BCUT2D eigenvalue weighted by Gasteiger charge is -2.37. The van der Waals surface area contributed by atoms with Crippen molar-refractivity contribution in [2.75, 3.05) is 26.2 Å². The first-order valence-corrected chi connectivity index (χ1v) is 14.8. The lowest BCUT2D eigenvalue weighted by atomic mass is 10.0. The van der Waals surface area contributed by atoms with Crippen LogP contribution in [0.2, 0.25) is 0 Å². The Bertz CT molecular complexity index is 1070. The fourth-order valence-corrected chi connectivity index (χ4v) is 10.8. The summed E-state index contributed by atoms with van der Waals surface area (Å²) < 4.78 is 5.18. The number of nitrogens with zero attached hydrogens (tertiary/aromatic N) is 2. The Labute approximate surface area is 214 Å². The predicted octanol–water partition coefficient (Wildman–Crippen LogP) is 4.20. The lowest BCUT2D eigenvalue weighted by Crippen LogP contribution is -2.49. The van der Waals surface area contributed by atoms with Crippen LogP contribution in [-0.4, -0.2) is 59.7 Å². The molecule has 2 heterocycles. The summed E-state index contributed by atoms with van der Waals surface area (Å²) in [6, 6.07) is 32.1. The zero-order valence-corrected chi connectivity index (χ0v) is 21.7. The van der Waals surface area contributed by atoms with Crippen LogP contribution in [0.3, 0.4) is 0 Å². The number of hydrogen-bond donors (Lipinski definition) is 0. The highest BCUT2D eigenvalue weighted by atomic mass is 31.2. The normalized spacial score (nSPS) is 18.9. The highest BCUT2D eigenvalue weighted by molar-refractivity contribution is 7.96. The molecule has 2 amide bonds. The van der Waals surface area contributed by atoms with E-state index in [0.717, 1.165) is 25.8 Å². The minimum Gasteiger partial charge on any atom is -0.450 e. The van der Waals surface area contributed by atoms with Crippen LogP contribution in [0.15, 0.2) is 91.0 Å². The van der Waals surface area contributed by atoms with Crippen LogP contribution >= 0.6 is 7.26 Å². The molecule has 0 radical (unpaired) electrons. The lowest BCUT2D eigenvalue weighted by molar-refractivity contribution is -0.130. The first-order valence-electron chi connectivity index (χ1n) is 12.9. The van der Waals surface area contributed by atoms with Gasteiger partial charge in [0.1, 0.15) is 23.2 Å². The average molecular weight is 502 g/mol. The summed E-state index contributed by atoms with van der Waals surface area (Å²) in [7, 11) is -2.26. The molecule has 0 saturated carbocycles. The van der Waals surface area contributed by atoms with Gasteiger partial charge in [0.05, 0.1) is 6.61 Å². The van der Waals surface area contributed by atoms with Crippen molar-refractivity contribution in [2.45, 2.75) is 37.9 Å². The summed E-state index contributed by atoms with van der Waals surface area (Å²) in [6.07, 6.45) is 2.18. The molecule has 3 aromatic carbocycles. The molecule has 1 unspecified atom stereocenters. The molecule has 0 aromatic heterocycles. The molecule has 5 nitrogen and oxygen atoms in total. The number of carbonyl (C=O) groups excluding carboxylic acids is 2. The van der Waals surface area contributed by atoms with Crippen molar-refractivity contribution >= 4 is 35.2 Å². The van der Waals surface area contributed by atoms with Crippen molar-refractivity contribution in [3.63, 3.8) is 0 Å². The molecule has 0 bridgehead atoms. The third-order valence-corrected chi connectivity index (χ3v) is 12.4. The monoisotopic (exact) mass is 501 g/mol. The minimum atomic E-state index is -2.26. The maximum atomic E-state index is 14.3. The van der Waals surface area contributed by atoms with Crippen LogP contribution in [-0.2, 0) is 9.53 Å². The molecule has 5 rings (SSSR count). The number of likely N-dealkylation sites (tertiary alicyclic amines) is 2. The second kappa shape index (κ2) is 10.8. The molecule has 1 atom stereocenters. The maximum absolute atomic E-state index is 14.3. The van der Waals surface area contributed by atoms with Crippen LogP contribution in [0.5, 0.6) is 0 Å². The van der Waals surface area contributed by atoms with Gasteiger partial charge in [-0.1, -0.05) is 54.6 Å². The Morgan fingerprint density at radius 1 is 0.778 bits per heavy atom. The molecular weight excluding hydrogens is 467 g/mol. The average Bonchev–Trinajstić information content (AvgIpc) is 3.32. The summed E-state index contributed by atoms with van der Waals surface area (Å²) in [6.45, 7) is 4.24. The van der Waals surface area contributed by atoms with Crippen molar-refractivity contribution in [1.82, 2.24) is 9.80 Å². The zero-order chi connectivity index (χ0) is 25.0. The van der Waals surface area contributed by atoms with Crippen molar-refractivity contribution in [3.05, 3.63) is 91.0 Å². The number of ether oxygens (including phenoxy) is 1. The molecule has 186 valence electrons. The van der Waals surface area contributed by atoms with Crippen molar-refractivity contribution in [3.8, 4) is 0 Å². The van der Waals surface area contributed by atoms with E-state index in [1.807, 2.05) is 25.1 Å². The Kier molecular flexibility index (Phi) is 7.38. The zero-order valence-electron chi connectivity index (χ0n) is 20.8. The van der Waals surface area contributed by atoms with Gasteiger partial charge in [-0.05, 0) is 56.2 Å². The van der Waals surface area contributed by atoms with E-state index in [-0.39, 0.29) is 23.7 Å². The van der Waals surface area contributed by atoms with E-state index >= 15 is 0 Å². The number of benzene rings is 3. The first kappa shape index (κ1) is 24.5. The van der Waals surface area contributed by atoms with Gasteiger partial charge >= 0.3 is 6.09 Å². The van der Waals surface area contributed by atoms with Crippen LogP contribution in [0.25, 0.3) is 0 Å². The molecular formula is C30H34N2O3P+. The molecule has 6 heteroatoms. The topological polar surface area (TPSA) is 49.9 Å². The van der Waals surface area contributed by atoms with Crippen molar-refractivity contribution in [1.29, 1.82) is 0 Å². The standard InChI is InChI=1S/C30H34N2O3P/c1-2-35-30(34)31-21-18-24(19-22-31)32-23-20-28(29(32)33)36(25-12-6-3-7-13-25,26-14-8-4-9-15-26)27-16-10-5-11-17-27/h3-17,24,28H,2,18-23H2,1H3/q+1. The summed E-state index contributed by atoms with van der Waals surface area (Å²) in [5.74, 6) is 0.259. The van der Waals surface area contributed by atoms with Gasteiger partial charge in [-0.3, -0.25) is 4.79 Å². The molecule has 2 saturated heterocycles. The van der Waals surface area contributed by atoms with Crippen LogP contribution in [0, 0.1) is 0 Å². The van der Waals surface area contributed by atoms with Crippen LogP contribution in [0.1, 0.15) is 26.2 Å². The van der Waals surface area contributed by atoms with E-state index in [4.69, 9.17) is 4.74 Å². The van der Waals surface area contributed by atoms with E-state index < -0.39 is 7.26 Å². The molecule has 2 aliphatic heterocycles. The fourth-order valence-electron chi connectivity index (χ4n) is 5.96. The quantitative estimate of drug-likeness (QED) is 0.476. The first-order chi connectivity index (χ1) is 17.7. The largest absolute Gasteiger partial charge is 0.450 e. The third-order valence-electron chi connectivity index (χ3n) is 7.60. The van der Waals surface area contributed by atoms with Gasteiger partial charge in [0.25, 0.3) is 5.91 Å². The predicted molar refractivity (Wildman–Crippen MR) is 147 cm³/mol. The smallest absolute Gasteiger partial charge is 0.409 e. The molecule has 0 spiro atoms. The molecule has 2 aliphatic rings. The van der Waals surface area contributed by atoms with Crippen LogP contribution in [0.4, 0.5) is 4.79 Å². The molecule has 2 fully saturated rings. The van der Waals surface area contributed by atoms with Crippen LogP contribution < -0.4 is 15.9 Å². The van der Waals surface area contributed by atoms with Gasteiger partial charge in [-0.2, -0.15) is 0 Å². The number of carbonyl (C=O) groups is 2. The number of piperidine rings is 1. The number of amides is 2. The van der Waals surface area contributed by atoms with Crippen molar-refractivity contribution < 1.29 is 14.3 Å². The Hall–Kier alpha value is -3.17. The van der Waals surface area contributed by atoms with Gasteiger partial charge in [0.2, 0.25) is 0 Å². The summed E-state index contributed by atoms with van der Waals surface area (Å²) in [4.78, 5) is 30.4. The minimum absolute atomic E-state index is 0.104. The van der Waals surface area contributed by atoms with E-state index in [2.05, 4.69) is 77.7 Å². The maximum Gasteiger partial charge on any atom is 0.409 e. The van der Waals surface area contributed by atoms with E-state index in [9.17, 15) is 9.59 Å². The molecule has 0 aliphatic carbocycles. The highest BCUT2D eigenvalue weighted by Gasteiger charge is 2.59. The second-order valence-corrected chi connectivity index (χ2v) is 13.1. The Morgan fingerprint density at radius 2 is 1.25 bits per heavy atom. The third kappa shape index (κ3) is 4.41. The Balaban J connectivity index is 1.51. The summed E-state index contributed by atoms with van der Waals surface area (Å²) in [5.41, 5.74) is -0.104. The molecule has 36 heavy (non-hydrogen) atoms. The van der Waals surface area contributed by atoms with Gasteiger partial charge < -0.3 is 14.5 Å². The van der Waals surface area contributed by atoms with E-state index in [1.54, 1.807) is 4.90 Å². The van der Waals surface area contributed by atoms with Gasteiger partial charge in [0.15, 0.2) is 5.66 Å². The SMILES string of the molecule is CCOC(=O)N1CCC(N2CCC([P+](c3ccccc3)(c3ccccc3)c3ccccc3)C2=O)CC1. The summed E-state index contributed by atoms with van der Waals surface area (Å²) >= 11 is 0. The van der Waals surface area contributed by atoms with Gasteiger partial charge in [0, 0.05) is 32.1 Å². The Morgan fingerprint density at radius 3 is 1.69 bits per heavy atom. The molecule has 3 aromatic rings. The highest BCUT2D eigenvalue weighted by Crippen LogP contribution is 2.62. The van der Waals surface area contributed by atoms with E-state index in [0.29, 0.717) is 19.7 Å². The van der Waals surface area contributed by atoms with E-state index in [1.165, 1.54) is 15.9 Å². The molecule has 0 N–H and O–H groups in total. The second-order valence-electron chi connectivity index (χ2n) is 9.48. The summed E-state index contributed by atoms with van der Waals surface area (Å²) in [5, 5.41) is 3.75. The van der Waals surface area contributed by atoms with Gasteiger partial charge in [-0.15, -0.1) is 0 Å². The van der Waals surface area contributed by atoms with Gasteiger partial charge in [-0.25, -0.2) is 4.79 Å². The number of rotatable bonds is 6. The number of hydrogen-bond acceptors (Lipinski definition) is 3. The fraction of sp³-hybridized carbons (Fsp3) is 0.333.